The van der Waals surface area contributed by atoms with E-state index in [0.717, 1.165) is 6.54 Å². The number of carboxylic acids is 1. The molecule has 0 spiro atoms. The van der Waals surface area contributed by atoms with Crippen molar-refractivity contribution < 1.29 is 19.4 Å². The number of carbonyl (C=O) groups is 2. The summed E-state index contributed by atoms with van der Waals surface area (Å²) < 4.78 is 5.62. The first kappa shape index (κ1) is 17.0. The fourth-order valence-corrected chi connectivity index (χ4v) is 1.64. The molecule has 1 rings (SSSR count). The lowest BCUT2D eigenvalue weighted by molar-refractivity contribution is -0.141. The van der Waals surface area contributed by atoms with Crippen LogP contribution in [0.25, 0.3) is 0 Å². The fraction of sp³-hybridized carbons (Fsp3) is 0.467. The third-order valence-electron chi connectivity index (χ3n) is 3.17. The molecule has 21 heavy (non-hydrogen) atoms. The standard InChI is InChI=1S/C15H22N2O4/c1-11(15(19)20)17(4)14(18)12-7-5-6-8-13(12)21-10-9-16(2)3/h5-8,11H,9-10H2,1-4H3,(H,19,20). The SMILES string of the molecule is CC(C(=O)O)N(C)C(=O)c1ccccc1OCCN(C)C. The van der Waals surface area contributed by atoms with Crippen molar-refractivity contribution in [2.75, 3.05) is 34.3 Å². The van der Waals surface area contributed by atoms with Crippen LogP contribution in [-0.4, -0.2) is 67.1 Å². The van der Waals surface area contributed by atoms with Crippen LogP contribution in [0.2, 0.25) is 0 Å². The maximum absolute atomic E-state index is 12.4. The van der Waals surface area contributed by atoms with Crippen LogP contribution in [0.1, 0.15) is 17.3 Å². The summed E-state index contributed by atoms with van der Waals surface area (Å²) in [5, 5.41) is 8.99. The molecular formula is C15H22N2O4. The lowest BCUT2D eigenvalue weighted by atomic mass is 10.1. The van der Waals surface area contributed by atoms with E-state index in [4.69, 9.17) is 9.84 Å². The van der Waals surface area contributed by atoms with Crippen molar-refractivity contribution in [1.82, 2.24) is 9.80 Å². The van der Waals surface area contributed by atoms with Gasteiger partial charge in [0.15, 0.2) is 0 Å². The Morgan fingerprint density at radius 3 is 2.43 bits per heavy atom. The van der Waals surface area contributed by atoms with E-state index in [0.29, 0.717) is 17.9 Å². The Hall–Kier alpha value is -2.08. The van der Waals surface area contributed by atoms with Crippen molar-refractivity contribution in [3.63, 3.8) is 0 Å². The van der Waals surface area contributed by atoms with Gasteiger partial charge in [-0.3, -0.25) is 4.79 Å². The lowest BCUT2D eigenvalue weighted by Gasteiger charge is -2.22. The summed E-state index contributed by atoms with van der Waals surface area (Å²) in [6.45, 7) is 2.65. The fourth-order valence-electron chi connectivity index (χ4n) is 1.64. The van der Waals surface area contributed by atoms with E-state index >= 15 is 0 Å². The van der Waals surface area contributed by atoms with Crippen LogP contribution in [0.4, 0.5) is 0 Å². The Labute approximate surface area is 124 Å². The van der Waals surface area contributed by atoms with Gasteiger partial charge in [0.25, 0.3) is 5.91 Å². The predicted octanol–water partition coefficient (Wildman–Crippen LogP) is 1.17. The molecule has 0 aliphatic heterocycles. The van der Waals surface area contributed by atoms with Crippen molar-refractivity contribution in [2.45, 2.75) is 13.0 Å². The monoisotopic (exact) mass is 294 g/mol. The Morgan fingerprint density at radius 1 is 1.24 bits per heavy atom. The Balaban J connectivity index is 2.86. The second-order valence-electron chi connectivity index (χ2n) is 5.08. The number of hydrogen-bond donors (Lipinski definition) is 1. The molecule has 6 heteroatoms. The van der Waals surface area contributed by atoms with Crippen LogP contribution in [0.5, 0.6) is 5.75 Å². The van der Waals surface area contributed by atoms with Gasteiger partial charge in [-0.1, -0.05) is 12.1 Å². The molecule has 0 bridgehead atoms. The van der Waals surface area contributed by atoms with Crippen molar-refractivity contribution in [2.24, 2.45) is 0 Å². The molecule has 0 saturated heterocycles. The van der Waals surface area contributed by atoms with E-state index in [-0.39, 0.29) is 5.91 Å². The molecule has 0 fully saturated rings. The number of benzene rings is 1. The summed E-state index contributed by atoms with van der Waals surface area (Å²) in [5.41, 5.74) is 0.367. The van der Waals surface area contributed by atoms with Crippen LogP contribution in [0.3, 0.4) is 0 Å². The molecule has 1 unspecified atom stereocenters. The minimum atomic E-state index is -1.04. The van der Waals surface area contributed by atoms with Crippen LogP contribution in [0, 0.1) is 0 Å². The molecule has 0 saturated carbocycles. The smallest absolute Gasteiger partial charge is 0.326 e. The summed E-state index contributed by atoms with van der Waals surface area (Å²) in [6.07, 6.45) is 0. The van der Waals surface area contributed by atoms with Gasteiger partial charge in [0.2, 0.25) is 0 Å². The number of rotatable bonds is 7. The average Bonchev–Trinajstić information content (AvgIpc) is 2.45. The summed E-state index contributed by atoms with van der Waals surface area (Å²) in [7, 11) is 5.34. The summed E-state index contributed by atoms with van der Waals surface area (Å²) >= 11 is 0. The molecule has 6 nitrogen and oxygen atoms in total. The van der Waals surface area contributed by atoms with E-state index in [1.165, 1.54) is 18.9 Å². The van der Waals surface area contributed by atoms with Crippen molar-refractivity contribution in [3.05, 3.63) is 29.8 Å². The van der Waals surface area contributed by atoms with Crippen LogP contribution >= 0.6 is 0 Å². The number of likely N-dealkylation sites (N-methyl/N-ethyl adjacent to an activating group) is 2. The highest BCUT2D eigenvalue weighted by Crippen LogP contribution is 2.20. The minimum absolute atomic E-state index is 0.367. The predicted molar refractivity (Wildman–Crippen MR) is 79.7 cm³/mol. The number of carbonyl (C=O) groups excluding carboxylic acids is 1. The lowest BCUT2D eigenvalue weighted by Crippen LogP contribution is -2.40. The molecule has 1 atom stereocenters. The van der Waals surface area contributed by atoms with Crippen molar-refractivity contribution >= 4 is 11.9 Å². The minimum Gasteiger partial charge on any atom is -0.491 e. The molecular weight excluding hydrogens is 272 g/mol. The molecule has 0 aliphatic rings. The average molecular weight is 294 g/mol. The molecule has 0 aliphatic carbocycles. The van der Waals surface area contributed by atoms with Crippen molar-refractivity contribution in [3.8, 4) is 5.75 Å². The zero-order valence-corrected chi connectivity index (χ0v) is 12.9. The number of para-hydroxylation sites is 1. The molecule has 0 aromatic heterocycles. The van der Waals surface area contributed by atoms with Gasteiger partial charge in [-0.25, -0.2) is 4.79 Å². The highest BCUT2D eigenvalue weighted by molar-refractivity contribution is 5.98. The highest BCUT2D eigenvalue weighted by Gasteiger charge is 2.24. The molecule has 0 radical (unpaired) electrons. The normalized spacial score (nSPS) is 12.0. The maximum atomic E-state index is 12.4. The van der Waals surface area contributed by atoms with Gasteiger partial charge in [-0.2, -0.15) is 0 Å². The van der Waals surface area contributed by atoms with Gasteiger partial charge in [0.1, 0.15) is 18.4 Å². The molecule has 116 valence electrons. The largest absolute Gasteiger partial charge is 0.491 e. The Kier molecular flexibility index (Phi) is 6.17. The second kappa shape index (κ2) is 7.64. The van der Waals surface area contributed by atoms with Crippen LogP contribution in [0.15, 0.2) is 24.3 Å². The molecule has 1 aromatic rings. The number of aliphatic carboxylic acids is 1. The first-order chi connectivity index (χ1) is 9.84. The zero-order chi connectivity index (χ0) is 16.0. The van der Waals surface area contributed by atoms with Crippen LogP contribution < -0.4 is 4.74 Å². The number of amides is 1. The Morgan fingerprint density at radius 2 is 1.86 bits per heavy atom. The van der Waals surface area contributed by atoms with E-state index < -0.39 is 12.0 Å². The van der Waals surface area contributed by atoms with Gasteiger partial charge in [-0.15, -0.1) is 0 Å². The number of nitrogens with zero attached hydrogens (tertiary/aromatic N) is 2. The third kappa shape index (κ3) is 4.75. The van der Waals surface area contributed by atoms with Gasteiger partial charge in [0.05, 0.1) is 5.56 Å². The van der Waals surface area contributed by atoms with E-state index in [1.807, 2.05) is 19.0 Å². The van der Waals surface area contributed by atoms with Crippen molar-refractivity contribution in [1.29, 1.82) is 0 Å². The molecule has 1 amide bonds. The quantitative estimate of drug-likeness (QED) is 0.817. The van der Waals surface area contributed by atoms with Gasteiger partial charge >= 0.3 is 5.97 Å². The first-order valence-corrected chi connectivity index (χ1v) is 6.71. The van der Waals surface area contributed by atoms with Crippen LogP contribution in [-0.2, 0) is 4.79 Å². The van der Waals surface area contributed by atoms with Gasteiger partial charge in [-0.05, 0) is 33.2 Å². The molecule has 1 N–H and O–H groups in total. The van der Waals surface area contributed by atoms with E-state index in [1.54, 1.807) is 24.3 Å². The zero-order valence-electron chi connectivity index (χ0n) is 12.9. The second-order valence-corrected chi connectivity index (χ2v) is 5.08. The van der Waals surface area contributed by atoms with E-state index in [9.17, 15) is 9.59 Å². The molecule has 1 aromatic carbocycles. The summed E-state index contributed by atoms with van der Waals surface area (Å²) in [4.78, 5) is 26.5. The van der Waals surface area contributed by atoms with E-state index in [2.05, 4.69) is 0 Å². The molecule has 0 heterocycles. The van der Waals surface area contributed by atoms with Gasteiger partial charge in [0, 0.05) is 13.6 Å². The topological polar surface area (TPSA) is 70.1 Å². The third-order valence-corrected chi connectivity index (χ3v) is 3.17. The number of ether oxygens (including phenoxy) is 1. The Bertz CT molecular complexity index is 502. The van der Waals surface area contributed by atoms with Gasteiger partial charge < -0.3 is 19.6 Å². The highest BCUT2D eigenvalue weighted by atomic mass is 16.5. The number of hydrogen-bond acceptors (Lipinski definition) is 4. The maximum Gasteiger partial charge on any atom is 0.326 e. The first-order valence-electron chi connectivity index (χ1n) is 6.71. The number of carboxylic acid groups (broad SMARTS) is 1. The summed E-state index contributed by atoms with van der Waals surface area (Å²) in [6, 6.07) is 5.96. The summed E-state index contributed by atoms with van der Waals surface area (Å²) in [5.74, 6) is -0.948.